The zero-order valence-electron chi connectivity index (χ0n) is 10.9. The van der Waals surface area contributed by atoms with Crippen molar-refractivity contribution in [2.45, 2.75) is 24.3 Å². The molecule has 0 aliphatic heterocycles. The molecule has 1 aromatic carbocycles. The van der Waals surface area contributed by atoms with Crippen molar-refractivity contribution >= 4 is 21.4 Å². The topological polar surface area (TPSA) is 101 Å². The number of sulfonamides is 1. The van der Waals surface area contributed by atoms with E-state index >= 15 is 0 Å². The number of benzene rings is 1. The standard InChI is InChI=1S/C11H14FN3O4S/c1-6-3-9(6)14-20(18,19)11-8(12)4-7(15(16)17)5-10(11)13-2/h4-6,9,13-14H,3H2,1-2H3. The van der Waals surface area contributed by atoms with Crippen molar-refractivity contribution in [2.75, 3.05) is 12.4 Å². The highest BCUT2D eigenvalue weighted by molar-refractivity contribution is 7.89. The number of anilines is 1. The van der Waals surface area contributed by atoms with Crippen molar-refractivity contribution in [1.82, 2.24) is 4.72 Å². The molecule has 110 valence electrons. The molecule has 0 bridgehead atoms. The molecule has 2 N–H and O–H groups in total. The molecule has 7 nitrogen and oxygen atoms in total. The van der Waals surface area contributed by atoms with E-state index in [2.05, 4.69) is 10.0 Å². The number of nitrogens with one attached hydrogen (secondary N) is 2. The molecule has 0 saturated heterocycles. The fourth-order valence-electron chi connectivity index (χ4n) is 1.89. The highest BCUT2D eigenvalue weighted by atomic mass is 32.2. The van der Waals surface area contributed by atoms with E-state index < -0.39 is 31.3 Å². The molecule has 0 heterocycles. The summed E-state index contributed by atoms with van der Waals surface area (Å²) in [5.74, 6) is -0.937. The van der Waals surface area contributed by atoms with Gasteiger partial charge in [-0.25, -0.2) is 17.5 Å². The number of rotatable bonds is 5. The number of nitro benzene ring substituents is 1. The maximum Gasteiger partial charge on any atom is 0.274 e. The van der Waals surface area contributed by atoms with E-state index in [9.17, 15) is 22.9 Å². The third-order valence-corrected chi connectivity index (χ3v) is 4.76. The van der Waals surface area contributed by atoms with Crippen LogP contribution in [0.4, 0.5) is 15.8 Å². The Morgan fingerprint density at radius 2 is 2.05 bits per heavy atom. The second-order valence-electron chi connectivity index (χ2n) is 4.75. The molecule has 2 unspecified atom stereocenters. The number of nitrogens with zero attached hydrogens (tertiary/aromatic N) is 1. The van der Waals surface area contributed by atoms with Crippen LogP contribution in [0, 0.1) is 21.8 Å². The van der Waals surface area contributed by atoms with Gasteiger partial charge in [0.25, 0.3) is 5.69 Å². The van der Waals surface area contributed by atoms with Crippen LogP contribution in [0.1, 0.15) is 13.3 Å². The Balaban J connectivity index is 2.47. The van der Waals surface area contributed by atoms with Gasteiger partial charge in [0.05, 0.1) is 16.7 Å². The van der Waals surface area contributed by atoms with E-state index in [1.54, 1.807) is 0 Å². The molecule has 20 heavy (non-hydrogen) atoms. The first-order valence-corrected chi connectivity index (χ1v) is 7.42. The van der Waals surface area contributed by atoms with Gasteiger partial charge in [0.1, 0.15) is 4.90 Å². The molecule has 1 aliphatic carbocycles. The molecular weight excluding hydrogens is 289 g/mol. The van der Waals surface area contributed by atoms with Crippen molar-refractivity contribution in [1.29, 1.82) is 0 Å². The van der Waals surface area contributed by atoms with Crippen LogP contribution in [0.5, 0.6) is 0 Å². The fourth-order valence-corrected chi connectivity index (χ4v) is 3.50. The van der Waals surface area contributed by atoms with Gasteiger partial charge in [-0.2, -0.15) is 0 Å². The molecule has 1 fully saturated rings. The zero-order valence-corrected chi connectivity index (χ0v) is 11.7. The molecule has 1 aliphatic rings. The Morgan fingerprint density at radius 3 is 2.50 bits per heavy atom. The van der Waals surface area contributed by atoms with Gasteiger partial charge in [0, 0.05) is 19.2 Å². The number of nitro groups is 1. The quantitative estimate of drug-likeness (QED) is 0.633. The van der Waals surface area contributed by atoms with E-state index in [0.717, 1.165) is 6.07 Å². The molecule has 2 atom stereocenters. The smallest absolute Gasteiger partial charge is 0.274 e. The van der Waals surface area contributed by atoms with E-state index in [-0.39, 0.29) is 17.6 Å². The second kappa shape index (κ2) is 4.98. The maximum atomic E-state index is 14.0. The SMILES string of the molecule is CNc1cc([N+](=O)[O-])cc(F)c1S(=O)(=O)NC1CC1C. The first-order valence-electron chi connectivity index (χ1n) is 5.94. The van der Waals surface area contributed by atoms with Crippen LogP contribution < -0.4 is 10.0 Å². The monoisotopic (exact) mass is 303 g/mol. The van der Waals surface area contributed by atoms with Gasteiger partial charge in [-0.3, -0.25) is 10.1 Å². The van der Waals surface area contributed by atoms with E-state index in [1.165, 1.54) is 7.05 Å². The first kappa shape index (κ1) is 14.7. The summed E-state index contributed by atoms with van der Waals surface area (Å²) in [7, 11) is -2.68. The summed E-state index contributed by atoms with van der Waals surface area (Å²) in [6.45, 7) is 1.87. The summed E-state index contributed by atoms with van der Waals surface area (Å²) < 4.78 is 40.6. The van der Waals surface area contributed by atoms with Crippen molar-refractivity contribution in [3.63, 3.8) is 0 Å². The molecule has 2 rings (SSSR count). The third kappa shape index (κ3) is 2.73. The average molecular weight is 303 g/mol. The minimum Gasteiger partial charge on any atom is -0.387 e. The van der Waals surface area contributed by atoms with Gasteiger partial charge in [-0.05, 0) is 12.3 Å². The summed E-state index contributed by atoms with van der Waals surface area (Å²) >= 11 is 0. The Bertz CT molecular complexity index is 662. The number of non-ortho nitro benzene ring substituents is 1. The lowest BCUT2D eigenvalue weighted by Gasteiger charge is -2.12. The lowest BCUT2D eigenvalue weighted by Crippen LogP contribution is -2.28. The Kier molecular flexibility index (Phi) is 3.65. The summed E-state index contributed by atoms with van der Waals surface area (Å²) in [6.07, 6.45) is 0.697. The summed E-state index contributed by atoms with van der Waals surface area (Å²) in [5.41, 5.74) is -0.650. The van der Waals surface area contributed by atoms with E-state index in [4.69, 9.17) is 0 Å². The average Bonchev–Trinajstić information content (AvgIpc) is 3.01. The molecular formula is C11H14FN3O4S. The summed E-state index contributed by atoms with van der Waals surface area (Å²) in [5, 5.41) is 13.1. The van der Waals surface area contributed by atoms with Gasteiger partial charge in [0.2, 0.25) is 10.0 Å². The predicted octanol–water partition coefficient (Wildman–Crippen LogP) is 1.46. The predicted molar refractivity (Wildman–Crippen MR) is 70.5 cm³/mol. The van der Waals surface area contributed by atoms with Crippen LogP contribution in [0.25, 0.3) is 0 Å². The molecule has 0 radical (unpaired) electrons. The lowest BCUT2D eigenvalue weighted by molar-refractivity contribution is -0.385. The van der Waals surface area contributed by atoms with E-state index in [1.807, 2.05) is 6.92 Å². The molecule has 1 saturated carbocycles. The molecule has 0 amide bonds. The maximum absolute atomic E-state index is 14.0. The molecule has 9 heteroatoms. The van der Waals surface area contributed by atoms with E-state index in [0.29, 0.717) is 12.5 Å². The zero-order chi connectivity index (χ0) is 15.1. The summed E-state index contributed by atoms with van der Waals surface area (Å²) in [4.78, 5) is 9.29. The van der Waals surface area contributed by atoms with Crippen LogP contribution >= 0.6 is 0 Å². The molecule has 0 aromatic heterocycles. The third-order valence-electron chi connectivity index (χ3n) is 3.19. The van der Waals surface area contributed by atoms with Crippen LogP contribution in [0.3, 0.4) is 0 Å². The highest BCUT2D eigenvalue weighted by Gasteiger charge is 2.38. The minimum atomic E-state index is -4.06. The largest absolute Gasteiger partial charge is 0.387 e. The molecule has 1 aromatic rings. The van der Waals surface area contributed by atoms with Crippen molar-refractivity contribution in [3.8, 4) is 0 Å². The first-order chi connectivity index (χ1) is 9.26. The van der Waals surface area contributed by atoms with Gasteiger partial charge < -0.3 is 5.32 Å². The van der Waals surface area contributed by atoms with Crippen molar-refractivity contribution in [3.05, 3.63) is 28.1 Å². The fraction of sp³-hybridized carbons (Fsp3) is 0.455. The van der Waals surface area contributed by atoms with Crippen LogP contribution in [-0.4, -0.2) is 26.4 Å². The van der Waals surface area contributed by atoms with Crippen LogP contribution in [-0.2, 0) is 10.0 Å². The molecule has 0 spiro atoms. The van der Waals surface area contributed by atoms with Crippen molar-refractivity contribution < 1.29 is 17.7 Å². The highest BCUT2D eigenvalue weighted by Crippen LogP contribution is 2.34. The van der Waals surface area contributed by atoms with Crippen LogP contribution in [0.2, 0.25) is 0 Å². The van der Waals surface area contributed by atoms with Crippen molar-refractivity contribution in [2.24, 2.45) is 5.92 Å². The van der Waals surface area contributed by atoms with Crippen LogP contribution in [0.15, 0.2) is 17.0 Å². The minimum absolute atomic E-state index is 0.141. The summed E-state index contributed by atoms with van der Waals surface area (Å²) in [6, 6.07) is 1.39. The van der Waals surface area contributed by atoms with Gasteiger partial charge >= 0.3 is 0 Å². The van der Waals surface area contributed by atoms with Gasteiger partial charge in [-0.15, -0.1) is 0 Å². The Morgan fingerprint density at radius 1 is 1.45 bits per heavy atom. The number of hydrogen-bond acceptors (Lipinski definition) is 5. The number of hydrogen-bond donors (Lipinski definition) is 2. The van der Waals surface area contributed by atoms with Gasteiger partial charge in [-0.1, -0.05) is 6.92 Å². The van der Waals surface area contributed by atoms with Gasteiger partial charge in [0.15, 0.2) is 5.82 Å². The Labute approximate surface area is 115 Å². The second-order valence-corrected chi connectivity index (χ2v) is 6.40. The number of halogens is 1. The normalized spacial score (nSPS) is 21.6. The lowest BCUT2D eigenvalue weighted by atomic mass is 10.2. The Hall–Kier alpha value is -1.74.